The van der Waals surface area contributed by atoms with Gasteiger partial charge in [-0.05, 0) is 30.3 Å². The Kier molecular flexibility index (Phi) is 6.01. The zero-order chi connectivity index (χ0) is 19.4. The molecule has 0 spiro atoms. The summed E-state index contributed by atoms with van der Waals surface area (Å²) in [5.41, 5.74) is 0.0165. The minimum absolute atomic E-state index is 0.0225. The van der Waals surface area contributed by atoms with E-state index in [9.17, 15) is 19.7 Å². The third kappa shape index (κ3) is 4.41. The average molecular weight is 398 g/mol. The van der Waals surface area contributed by atoms with Gasteiger partial charge in [-0.15, -0.1) is 0 Å². The zero-order valence-corrected chi connectivity index (χ0v) is 15.2. The zero-order valence-electron chi connectivity index (χ0n) is 13.7. The lowest BCUT2D eigenvalue weighted by molar-refractivity contribution is -0.384. The van der Waals surface area contributed by atoms with Crippen LogP contribution in [0.1, 0.15) is 10.4 Å². The highest BCUT2D eigenvalue weighted by Gasteiger charge is 2.23. The largest absolute Gasteiger partial charge is 0.414 e. The van der Waals surface area contributed by atoms with Gasteiger partial charge < -0.3 is 9.64 Å². The molecule has 0 unspecified atom stereocenters. The molecule has 8 nitrogen and oxygen atoms in total. The summed E-state index contributed by atoms with van der Waals surface area (Å²) in [7, 11) is 2.98. The molecule has 0 saturated carbocycles. The van der Waals surface area contributed by atoms with E-state index < -0.39 is 16.9 Å². The fourth-order valence-corrected chi connectivity index (χ4v) is 2.25. The molecule has 0 aliphatic rings. The second kappa shape index (κ2) is 8.03. The smallest absolute Gasteiger partial charge is 0.409 e. The summed E-state index contributed by atoms with van der Waals surface area (Å²) in [5, 5.41) is 10.9. The van der Waals surface area contributed by atoms with Gasteiger partial charge in [0.05, 0.1) is 16.2 Å². The van der Waals surface area contributed by atoms with Crippen molar-refractivity contribution in [1.29, 1.82) is 0 Å². The van der Waals surface area contributed by atoms with Crippen LogP contribution in [-0.4, -0.2) is 35.9 Å². The van der Waals surface area contributed by atoms with Crippen LogP contribution in [0, 0.1) is 10.1 Å². The quantitative estimate of drug-likeness (QED) is 0.439. The number of ether oxygens (including phenoxy) is 1. The highest BCUT2D eigenvalue weighted by Crippen LogP contribution is 2.29. The number of amides is 2. The summed E-state index contributed by atoms with van der Waals surface area (Å²) in [5.74, 6) is -0.741. The molecule has 2 aromatic rings. The van der Waals surface area contributed by atoms with Gasteiger partial charge in [0, 0.05) is 43.0 Å². The van der Waals surface area contributed by atoms with E-state index in [0.29, 0.717) is 0 Å². The maximum atomic E-state index is 12.7. The van der Waals surface area contributed by atoms with Crippen molar-refractivity contribution in [3.05, 3.63) is 63.2 Å². The lowest BCUT2D eigenvalue weighted by atomic mass is 10.1. The maximum Gasteiger partial charge on any atom is 0.414 e. The molecule has 10 heteroatoms. The van der Waals surface area contributed by atoms with Gasteiger partial charge in [-0.3, -0.25) is 14.9 Å². The lowest BCUT2D eigenvalue weighted by Crippen LogP contribution is -2.27. The molecule has 0 atom stereocenters. The Bertz CT molecular complexity index is 855. The van der Waals surface area contributed by atoms with E-state index in [2.05, 4.69) is 0 Å². The molecule has 0 aromatic heterocycles. The minimum atomic E-state index is -0.718. The van der Waals surface area contributed by atoms with Gasteiger partial charge in [-0.2, -0.15) is 0 Å². The standard InChI is InChI=1S/C16H13Cl2N3O5/c1-19(2)16(23)26-14-8-3-10(17)9-13(14)15(22)20(18)11-4-6-12(7-5-11)21(24)25/h3-9H,1-2H3. The summed E-state index contributed by atoms with van der Waals surface area (Å²) in [6.45, 7) is 0. The maximum absolute atomic E-state index is 12.7. The summed E-state index contributed by atoms with van der Waals surface area (Å²) in [4.78, 5) is 35.8. The van der Waals surface area contributed by atoms with Gasteiger partial charge in [0.1, 0.15) is 5.75 Å². The molecule has 0 bridgehead atoms. The number of nitrogens with zero attached hydrogens (tertiary/aromatic N) is 3. The Labute approximate surface area is 158 Å². The van der Waals surface area contributed by atoms with Gasteiger partial charge in [-0.25, -0.2) is 9.21 Å². The Morgan fingerprint density at radius 1 is 1.12 bits per heavy atom. The van der Waals surface area contributed by atoms with Crippen LogP contribution in [0.2, 0.25) is 5.02 Å². The first kappa shape index (κ1) is 19.5. The molecule has 0 radical (unpaired) electrons. The lowest BCUT2D eigenvalue weighted by Gasteiger charge is -2.17. The van der Waals surface area contributed by atoms with E-state index in [1.807, 2.05) is 0 Å². The van der Waals surface area contributed by atoms with Crippen LogP contribution in [0.3, 0.4) is 0 Å². The van der Waals surface area contributed by atoms with Gasteiger partial charge in [0.15, 0.2) is 0 Å². The average Bonchev–Trinajstić information content (AvgIpc) is 2.61. The van der Waals surface area contributed by atoms with Crippen molar-refractivity contribution in [2.45, 2.75) is 0 Å². The second-order valence-electron chi connectivity index (χ2n) is 5.26. The molecule has 2 amide bonds. The van der Waals surface area contributed by atoms with E-state index >= 15 is 0 Å². The van der Waals surface area contributed by atoms with Crippen molar-refractivity contribution >= 4 is 46.8 Å². The van der Waals surface area contributed by atoms with E-state index in [4.69, 9.17) is 28.1 Å². The summed E-state index contributed by atoms with van der Waals surface area (Å²) in [6, 6.07) is 9.20. The Morgan fingerprint density at radius 2 is 1.73 bits per heavy atom. The van der Waals surface area contributed by atoms with Crippen LogP contribution in [0.5, 0.6) is 5.75 Å². The third-order valence-corrected chi connectivity index (χ3v) is 3.78. The Hall–Kier alpha value is -2.84. The number of carbonyl (C=O) groups is 2. The molecular formula is C16H13Cl2N3O5. The van der Waals surface area contributed by atoms with Gasteiger partial charge >= 0.3 is 6.09 Å². The number of nitro groups is 1. The number of benzene rings is 2. The minimum Gasteiger partial charge on any atom is -0.409 e. The number of carbonyl (C=O) groups excluding carboxylic acids is 2. The second-order valence-corrected chi connectivity index (χ2v) is 6.04. The van der Waals surface area contributed by atoms with Crippen molar-refractivity contribution in [3.8, 4) is 5.75 Å². The molecule has 0 fully saturated rings. The number of non-ortho nitro benzene ring substituents is 1. The molecule has 2 rings (SSSR count). The van der Waals surface area contributed by atoms with Crippen LogP contribution in [0.25, 0.3) is 0 Å². The Morgan fingerprint density at radius 3 is 2.27 bits per heavy atom. The van der Waals surface area contributed by atoms with Crippen molar-refractivity contribution in [2.75, 3.05) is 18.5 Å². The number of hydrogen-bond donors (Lipinski definition) is 0. The van der Waals surface area contributed by atoms with E-state index in [0.717, 1.165) is 4.42 Å². The number of anilines is 1. The molecular weight excluding hydrogens is 385 g/mol. The molecule has 0 aliphatic carbocycles. The first-order valence-corrected chi connectivity index (χ1v) is 7.85. The predicted octanol–water partition coefficient (Wildman–Crippen LogP) is 4.11. The van der Waals surface area contributed by atoms with Crippen LogP contribution in [0.15, 0.2) is 42.5 Å². The van der Waals surface area contributed by atoms with Crippen molar-refractivity contribution in [3.63, 3.8) is 0 Å². The van der Waals surface area contributed by atoms with Gasteiger partial charge in [0.25, 0.3) is 11.6 Å². The summed E-state index contributed by atoms with van der Waals surface area (Å²) < 4.78 is 5.90. The van der Waals surface area contributed by atoms with Crippen LogP contribution >= 0.6 is 23.4 Å². The number of halogens is 2. The normalized spacial score (nSPS) is 10.2. The van der Waals surface area contributed by atoms with Crippen molar-refractivity contribution in [2.24, 2.45) is 0 Å². The monoisotopic (exact) mass is 397 g/mol. The SMILES string of the molecule is CN(C)C(=O)Oc1ccc(Cl)cc1C(=O)N(Cl)c1ccc([N+](=O)[O-])cc1. The first-order chi connectivity index (χ1) is 12.2. The van der Waals surface area contributed by atoms with Crippen molar-refractivity contribution < 1.29 is 19.2 Å². The van der Waals surface area contributed by atoms with Gasteiger partial charge in [-0.1, -0.05) is 11.6 Å². The first-order valence-electron chi connectivity index (χ1n) is 7.14. The number of nitro benzene ring substituents is 1. The summed E-state index contributed by atoms with van der Waals surface area (Å²) >= 11 is 12.0. The molecule has 0 saturated heterocycles. The molecule has 26 heavy (non-hydrogen) atoms. The Balaban J connectivity index is 2.34. The highest BCUT2D eigenvalue weighted by atomic mass is 35.5. The van der Waals surface area contributed by atoms with Crippen LogP contribution in [0.4, 0.5) is 16.2 Å². The topological polar surface area (TPSA) is 93.0 Å². The number of rotatable bonds is 4. The fraction of sp³-hybridized carbons (Fsp3) is 0.125. The number of hydrogen-bond acceptors (Lipinski definition) is 5. The highest BCUT2D eigenvalue weighted by molar-refractivity contribution is 6.40. The predicted molar refractivity (Wildman–Crippen MR) is 96.9 cm³/mol. The molecule has 0 aliphatic heterocycles. The van der Waals surface area contributed by atoms with E-state index in [1.165, 1.54) is 61.5 Å². The van der Waals surface area contributed by atoms with E-state index in [-0.39, 0.29) is 27.7 Å². The van der Waals surface area contributed by atoms with Crippen LogP contribution < -0.4 is 9.16 Å². The van der Waals surface area contributed by atoms with Crippen LogP contribution in [-0.2, 0) is 0 Å². The van der Waals surface area contributed by atoms with Gasteiger partial charge in [0.2, 0.25) is 0 Å². The van der Waals surface area contributed by atoms with E-state index in [1.54, 1.807) is 0 Å². The molecule has 136 valence electrons. The third-order valence-electron chi connectivity index (χ3n) is 3.20. The fourth-order valence-electron chi connectivity index (χ4n) is 1.87. The van der Waals surface area contributed by atoms with Crippen molar-refractivity contribution in [1.82, 2.24) is 4.90 Å². The molecule has 0 N–H and O–H groups in total. The molecule has 0 heterocycles. The summed E-state index contributed by atoms with van der Waals surface area (Å²) in [6.07, 6.45) is -0.683. The molecule has 2 aromatic carbocycles.